The summed E-state index contributed by atoms with van der Waals surface area (Å²) in [6.07, 6.45) is -8.35. The van der Waals surface area contributed by atoms with Gasteiger partial charge in [-0.15, -0.1) is 0 Å². The Hall–Kier alpha value is -3.09. The highest BCUT2D eigenvalue weighted by Gasteiger charge is 2.30. The lowest BCUT2D eigenvalue weighted by molar-refractivity contribution is -0.138. The Bertz CT molecular complexity index is 983. The number of carbonyl (C=O) groups excluding carboxylic acids is 1. The quantitative estimate of drug-likeness (QED) is 0.350. The molecule has 0 aliphatic heterocycles. The SMILES string of the molecule is O=Cc1cc(-c2ccc(C(F)(F)F)cc2)ccc1-c1ccc(C(F)(F)F)cc1. The van der Waals surface area contributed by atoms with Gasteiger partial charge in [-0.25, -0.2) is 0 Å². The maximum absolute atomic E-state index is 12.7. The first-order chi connectivity index (χ1) is 13.1. The molecule has 0 aliphatic carbocycles. The molecule has 0 heterocycles. The molecule has 0 aliphatic rings. The van der Waals surface area contributed by atoms with Crippen LogP contribution in [0.3, 0.4) is 0 Å². The second-order valence-corrected chi connectivity index (χ2v) is 6.07. The number of rotatable bonds is 3. The molecule has 144 valence electrons. The average Bonchev–Trinajstić information content (AvgIpc) is 2.66. The molecule has 0 N–H and O–H groups in total. The van der Waals surface area contributed by atoms with Crippen LogP contribution in [0.2, 0.25) is 0 Å². The molecule has 3 aromatic rings. The molecule has 0 saturated carbocycles. The molecule has 0 radical (unpaired) electrons. The van der Waals surface area contributed by atoms with Crippen molar-refractivity contribution in [1.82, 2.24) is 0 Å². The number of halogens is 6. The second-order valence-electron chi connectivity index (χ2n) is 6.07. The van der Waals surface area contributed by atoms with Gasteiger partial charge >= 0.3 is 12.4 Å². The highest BCUT2D eigenvalue weighted by atomic mass is 19.4. The number of carbonyl (C=O) groups is 1. The van der Waals surface area contributed by atoms with Crippen LogP contribution in [-0.4, -0.2) is 6.29 Å². The van der Waals surface area contributed by atoms with Gasteiger partial charge in [0.05, 0.1) is 11.1 Å². The molecular formula is C21H12F6O. The number of aldehydes is 1. The molecule has 0 bridgehead atoms. The molecule has 3 rings (SSSR count). The Kier molecular flexibility index (Phi) is 5.02. The third kappa shape index (κ3) is 4.08. The monoisotopic (exact) mass is 394 g/mol. The van der Waals surface area contributed by atoms with E-state index in [9.17, 15) is 31.1 Å². The minimum Gasteiger partial charge on any atom is -0.298 e. The predicted molar refractivity (Wildman–Crippen MR) is 92.7 cm³/mol. The van der Waals surface area contributed by atoms with Crippen LogP contribution < -0.4 is 0 Å². The van der Waals surface area contributed by atoms with Crippen molar-refractivity contribution in [3.05, 3.63) is 83.4 Å². The van der Waals surface area contributed by atoms with Crippen LogP contribution in [0.4, 0.5) is 26.3 Å². The van der Waals surface area contributed by atoms with Crippen molar-refractivity contribution in [1.29, 1.82) is 0 Å². The Labute approximate surface area is 156 Å². The Balaban J connectivity index is 1.96. The maximum atomic E-state index is 12.7. The lowest BCUT2D eigenvalue weighted by Gasteiger charge is -2.11. The van der Waals surface area contributed by atoms with E-state index in [1.165, 1.54) is 30.3 Å². The van der Waals surface area contributed by atoms with Crippen molar-refractivity contribution in [2.24, 2.45) is 0 Å². The fraction of sp³-hybridized carbons (Fsp3) is 0.0952. The van der Waals surface area contributed by atoms with Gasteiger partial charge in [-0.3, -0.25) is 4.79 Å². The van der Waals surface area contributed by atoms with Crippen LogP contribution in [0.1, 0.15) is 21.5 Å². The molecule has 0 amide bonds. The Morgan fingerprint density at radius 3 is 1.43 bits per heavy atom. The standard InChI is InChI=1S/C21H12F6O/c22-20(23,24)17-6-1-13(2-7-17)15-5-10-19(16(11-15)12-28)14-3-8-18(9-4-14)21(25,26)27/h1-12H. The van der Waals surface area contributed by atoms with E-state index in [2.05, 4.69) is 0 Å². The third-order valence-corrected chi connectivity index (χ3v) is 4.25. The Morgan fingerprint density at radius 2 is 1.00 bits per heavy atom. The average molecular weight is 394 g/mol. The lowest BCUT2D eigenvalue weighted by Crippen LogP contribution is -2.04. The smallest absolute Gasteiger partial charge is 0.298 e. The fourth-order valence-corrected chi connectivity index (χ4v) is 2.79. The van der Waals surface area contributed by atoms with Gasteiger partial charge in [0.15, 0.2) is 6.29 Å². The number of hydrogen-bond donors (Lipinski definition) is 0. The van der Waals surface area contributed by atoms with Gasteiger partial charge in [-0.05, 0) is 52.6 Å². The normalized spacial score (nSPS) is 12.1. The molecule has 0 unspecified atom stereocenters. The minimum absolute atomic E-state index is 0.220. The summed E-state index contributed by atoms with van der Waals surface area (Å²) in [5.41, 5.74) is 0.491. The van der Waals surface area contributed by atoms with Crippen molar-refractivity contribution in [2.45, 2.75) is 12.4 Å². The second kappa shape index (κ2) is 7.14. The van der Waals surface area contributed by atoms with Crippen LogP contribution in [0.15, 0.2) is 66.7 Å². The molecule has 0 aromatic heterocycles. The van der Waals surface area contributed by atoms with E-state index in [0.29, 0.717) is 28.5 Å². The molecule has 3 aromatic carbocycles. The van der Waals surface area contributed by atoms with Crippen LogP contribution in [0.25, 0.3) is 22.3 Å². The van der Waals surface area contributed by atoms with Gasteiger partial charge in [0, 0.05) is 5.56 Å². The van der Waals surface area contributed by atoms with E-state index < -0.39 is 23.5 Å². The van der Waals surface area contributed by atoms with Gasteiger partial charge in [0.25, 0.3) is 0 Å². The van der Waals surface area contributed by atoms with Crippen molar-refractivity contribution >= 4 is 6.29 Å². The molecule has 1 nitrogen and oxygen atoms in total. The molecule has 7 heteroatoms. The predicted octanol–water partition coefficient (Wildman–Crippen LogP) is 6.87. The van der Waals surface area contributed by atoms with Crippen molar-refractivity contribution in [3.63, 3.8) is 0 Å². The van der Waals surface area contributed by atoms with E-state index in [1.807, 2.05) is 0 Å². The fourth-order valence-electron chi connectivity index (χ4n) is 2.79. The van der Waals surface area contributed by atoms with Crippen molar-refractivity contribution in [3.8, 4) is 22.3 Å². The van der Waals surface area contributed by atoms with Gasteiger partial charge in [0.1, 0.15) is 0 Å². The van der Waals surface area contributed by atoms with Crippen molar-refractivity contribution in [2.75, 3.05) is 0 Å². The minimum atomic E-state index is -4.46. The van der Waals surface area contributed by atoms with Crippen LogP contribution >= 0.6 is 0 Å². The van der Waals surface area contributed by atoms with Crippen LogP contribution in [0.5, 0.6) is 0 Å². The summed E-state index contributed by atoms with van der Waals surface area (Å²) < 4.78 is 76.1. The number of alkyl halides is 6. The van der Waals surface area contributed by atoms with E-state index >= 15 is 0 Å². The van der Waals surface area contributed by atoms with Crippen LogP contribution in [-0.2, 0) is 12.4 Å². The highest BCUT2D eigenvalue weighted by Crippen LogP contribution is 2.34. The van der Waals surface area contributed by atoms with Gasteiger partial charge in [-0.1, -0.05) is 36.4 Å². The van der Waals surface area contributed by atoms with Gasteiger partial charge < -0.3 is 0 Å². The molecule has 0 fully saturated rings. The summed E-state index contributed by atoms with van der Waals surface area (Å²) in [6.45, 7) is 0. The first-order valence-electron chi connectivity index (χ1n) is 8.04. The van der Waals surface area contributed by atoms with Crippen LogP contribution in [0, 0.1) is 0 Å². The first kappa shape index (κ1) is 19.7. The summed E-state index contributed by atoms with van der Waals surface area (Å²) in [7, 11) is 0. The summed E-state index contributed by atoms with van der Waals surface area (Å²) >= 11 is 0. The zero-order chi connectivity index (χ0) is 20.5. The molecule has 0 spiro atoms. The molecule has 0 atom stereocenters. The van der Waals surface area contributed by atoms with Gasteiger partial charge in [0.2, 0.25) is 0 Å². The highest BCUT2D eigenvalue weighted by molar-refractivity contribution is 5.90. The summed E-state index contributed by atoms with van der Waals surface area (Å²) in [5, 5.41) is 0. The molecule has 28 heavy (non-hydrogen) atoms. The zero-order valence-corrected chi connectivity index (χ0v) is 14.1. The first-order valence-corrected chi connectivity index (χ1v) is 8.04. The zero-order valence-electron chi connectivity index (χ0n) is 14.1. The lowest BCUT2D eigenvalue weighted by atomic mass is 9.94. The maximum Gasteiger partial charge on any atom is 0.416 e. The third-order valence-electron chi connectivity index (χ3n) is 4.25. The van der Waals surface area contributed by atoms with E-state index in [1.54, 1.807) is 12.1 Å². The van der Waals surface area contributed by atoms with Gasteiger partial charge in [-0.2, -0.15) is 26.3 Å². The summed E-state index contributed by atoms with van der Waals surface area (Å²) in [6, 6.07) is 13.5. The largest absolute Gasteiger partial charge is 0.416 e. The van der Waals surface area contributed by atoms with E-state index in [4.69, 9.17) is 0 Å². The van der Waals surface area contributed by atoms with E-state index in [0.717, 1.165) is 24.3 Å². The van der Waals surface area contributed by atoms with Crippen molar-refractivity contribution < 1.29 is 31.1 Å². The summed E-state index contributed by atoms with van der Waals surface area (Å²) in [4.78, 5) is 11.5. The number of hydrogen-bond acceptors (Lipinski definition) is 1. The summed E-state index contributed by atoms with van der Waals surface area (Å²) in [5.74, 6) is 0. The Morgan fingerprint density at radius 1 is 0.571 bits per heavy atom. The topological polar surface area (TPSA) is 17.1 Å². The number of benzene rings is 3. The molecular weight excluding hydrogens is 382 g/mol. The van der Waals surface area contributed by atoms with E-state index in [-0.39, 0.29) is 5.56 Å². The molecule has 0 saturated heterocycles.